The topological polar surface area (TPSA) is 58.7 Å². The Labute approximate surface area is 106 Å². The van der Waals surface area contributed by atoms with Crippen LogP contribution in [0.15, 0.2) is 0 Å². The summed E-state index contributed by atoms with van der Waals surface area (Å²) >= 11 is 0. The molecule has 4 nitrogen and oxygen atoms in total. The molecule has 0 saturated carbocycles. The third-order valence-electron chi connectivity index (χ3n) is 3.42. The number of aliphatic hydroxyl groups is 1. The third kappa shape index (κ3) is 6.99. The third-order valence-corrected chi connectivity index (χ3v) is 3.42. The van der Waals surface area contributed by atoms with Crippen LogP contribution < -0.4 is 5.73 Å². The van der Waals surface area contributed by atoms with Gasteiger partial charge >= 0.3 is 0 Å². The molecule has 0 bridgehead atoms. The lowest BCUT2D eigenvalue weighted by Gasteiger charge is -2.33. The van der Waals surface area contributed by atoms with E-state index in [1.165, 1.54) is 0 Å². The number of methoxy groups -OCH3 is 1. The first-order valence-electron chi connectivity index (χ1n) is 6.66. The molecule has 104 valence electrons. The lowest BCUT2D eigenvalue weighted by Crippen LogP contribution is -2.43. The molecule has 0 aliphatic heterocycles. The Hall–Kier alpha value is -0.160. The zero-order valence-corrected chi connectivity index (χ0v) is 11.9. The first kappa shape index (κ1) is 16.8. The number of nitrogens with two attached hydrogens (primary N) is 1. The molecule has 3 N–H and O–H groups in total. The van der Waals surface area contributed by atoms with E-state index in [2.05, 4.69) is 18.7 Å². The van der Waals surface area contributed by atoms with Gasteiger partial charge in [-0.05, 0) is 26.2 Å². The summed E-state index contributed by atoms with van der Waals surface area (Å²) < 4.78 is 5.14. The van der Waals surface area contributed by atoms with E-state index in [0.717, 1.165) is 32.5 Å². The number of hydrogen-bond acceptors (Lipinski definition) is 4. The Kier molecular flexibility index (Phi) is 8.78. The van der Waals surface area contributed by atoms with Crippen LogP contribution >= 0.6 is 0 Å². The number of rotatable bonds is 10. The molecule has 17 heavy (non-hydrogen) atoms. The average molecular weight is 246 g/mol. The average Bonchev–Trinajstić information content (AvgIpc) is 2.33. The summed E-state index contributed by atoms with van der Waals surface area (Å²) in [4.78, 5) is 2.40. The van der Waals surface area contributed by atoms with E-state index in [0.29, 0.717) is 19.0 Å². The van der Waals surface area contributed by atoms with Gasteiger partial charge in [0, 0.05) is 32.8 Å². The van der Waals surface area contributed by atoms with E-state index >= 15 is 0 Å². The summed E-state index contributed by atoms with van der Waals surface area (Å²) in [7, 11) is 1.72. The van der Waals surface area contributed by atoms with E-state index in [1.807, 2.05) is 0 Å². The maximum absolute atomic E-state index is 9.94. The van der Waals surface area contributed by atoms with E-state index in [-0.39, 0.29) is 0 Å². The molecule has 0 radical (unpaired) electrons. The monoisotopic (exact) mass is 246 g/mol. The molecule has 0 rings (SSSR count). The second-order valence-electron chi connectivity index (χ2n) is 4.95. The first-order valence-corrected chi connectivity index (χ1v) is 6.66. The molecule has 1 atom stereocenters. The fraction of sp³-hybridized carbons (Fsp3) is 1.00. The number of hydrogen-bond donors (Lipinski definition) is 2. The van der Waals surface area contributed by atoms with Gasteiger partial charge in [-0.2, -0.15) is 0 Å². The highest BCUT2D eigenvalue weighted by Crippen LogP contribution is 2.13. The Bertz CT molecular complexity index is 182. The van der Waals surface area contributed by atoms with Gasteiger partial charge in [-0.1, -0.05) is 13.8 Å². The largest absolute Gasteiger partial charge is 0.389 e. The predicted octanol–water partition coefficient (Wildman–Crippen LogP) is 1.22. The summed E-state index contributed by atoms with van der Waals surface area (Å²) in [6.07, 6.45) is 2.97. The summed E-state index contributed by atoms with van der Waals surface area (Å²) in [5.41, 5.74) is 4.79. The Balaban J connectivity index is 4.27. The Morgan fingerprint density at radius 2 is 1.88 bits per heavy atom. The second kappa shape index (κ2) is 8.86. The molecule has 0 saturated heterocycles. The van der Waals surface area contributed by atoms with E-state index < -0.39 is 5.60 Å². The van der Waals surface area contributed by atoms with E-state index in [9.17, 15) is 5.11 Å². The fourth-order valence-electron chi connectivity index (χ4n) is 1.98. The maximum atomic E-state index is 9.94. The molecule has 0 amide bonds. The van der Waals surface area contributed by atoms with Gasteiger partial charge in [0.1, 0.15) is 0 Å². The minimum atomic E-state index is -0.753. The first-order chi connectivity index (χ1) is 8.00. The van der Waals surface area contributed by atoms with Gasteiger partial charge in [0.25, 0.3) is 0 Å². The normalized spacial score (nSPS) is 15.5. The van der Waals surface area contributed by atoms with Crippen molar-refractivity contribution in [1.82, 2.24) is 4.90 Å². The summed E-state index contributed by atoms with van der Waals surface area (Å²) in [6, 6.07) is 0.568. The predicted molar refractivity (Wildman–Crippen MR) is 72.1 cm³/mol. The summed E-state index contributed by atoms with van der Waals surface area (Å²) in [5.74, 6) is 0. The summed E-state index contributed by atoms with van der Waals surface area (Å²) in [5, 5.41) is 9.94. The fourth-order valence-corrected chi connectivity index (χ4v) is 1.98. The molecule has 0 aliphatic rings. The van der Waals surface area contributed by atoms with Gasteiger partial charge in [-0.15, -0.1) is 0 Å². The van der Waals surface area contributed by atoms with Crippen molar-refractivity contribution in [2.45, 2.75) is 51.7 Å². The smallest absolute Gasteiger partial charge is 0.0753 e. The quantitative estimate of drug-likeness (QED) is 0.608. The van der Waals surface area contributed by atoms with Crippen LogP contribution in [-0.4, -0.2) is 55.0 Å². The number of nitrogens with zero attached hydrogens (tertiary/aromatic N) is 1. The van der Waals surface area contributed by atoms with E-state index in [4.69, 9.17) is 10.5 Å². The highest BCUT2D eigenvalue weighted by Gasteiger charge is 2.21. The van der Waals surface area contributed by atoms with E-state index in [1.54, 1.807) is 14.0 Å². The zero-order valence-electron chi connectivity index (χ0n) is 11.9. The van der Waals surface area contributed by atoms with Crippen molar-refractivity contribution in [2.75, 3.05) is 33.4 Å². The molecule has 0 aromatic heterocycles. The highest BCUT2D eigenvalue weighted by molar-refractivity contribution is 4.77. The SMILES string of the molecule is CCC(CC)N(CCOC)CCC(C)(O)CN. The van der Waals surface area contributed by atoms with Crippen molar-refractivity contribution in [3.8, 4) is 0 Å². The minimum Gasteiger partial charge on any atom is -0.389 e. The molecule has 0 aromatic carbocycles. The van der Waals surface area contributed by atoms with Gasteiger partial charge in [0.2, 0.25) is 0 Å². The maximum Gasteiger partial charge on any atom is 0.0753 e. The van der Waals surface area contributed by atoms with Crippen LogP contribution in [0.2, 0.25) is 0 Å². The lowest BCUT2D eigenvalue weighted by atomic mass is 10.0. The van der Waals surface area contributed by atoms with Crippen LogP contribution in [0, 0.1) is 0 Å². The van der Waals surface area contributed by atoms with Crippen molar-refractivity contribution in [3.63, 3.8) is 0 Å². The van der Waals surface area contributed by atoms with Crippen molar-refractivity contribution in [2.24, 2.45) is 5.73 Å². The van der Waals surface area contributed by atoms with Gasteiger partial charge < -0.3 is 15.6 Å². The molecule has 0 aromatic rings. The number of ether oxygens (including phenoxy) is 1. The molecule has 4 heteroatoms. The zero-order chi connectivity index (χ0) is 13.3. The van der Waals surface area contributed by atoms with Gasteiger partial charge in [-0.25, -0.2) is 0 Å². The molecular weight excluding hydrogens is 216 g/mol. The molecular formula is C13H30N2O2. The van der Waals surface area contributed by atoms with Crippen LogP contribution in [0.3, 0.4) is 0 Å². The van der Waals surface area contributed by atoms with Gasteiger partial charge in [0.05, 0.1) is 12.2 Å². The molecule has 0 spiro atoms. The van der Waals surface area contributed by atoms with Crippen molar-refractivity contribution in [1.29, 1.82) is 0 Å². The molecule has 0 fully saturated rings. The van der Waals surface area contributed by atoms with Gasteiger partial charge in [-0.3, -0.25) is 4.90 Å². The van der Waals surface area contributed by atoms with Crippen LogP contribution in [-0.2, 0) is 4.74 Å². The van der Waals surface area contributed by atoms with Crippen LogP contribution in [0.1, 0.15) is 40.0 Å². The Morgan fingerprint density at radius 1 is 1.29 bits per heavy atom. The van der Waals surface area contributed by atoms with Crippen LogP contribution in [0.25, 0.3) is 0 Å². The summed E-state index contributed by atoms with van der Waals surface area (Å²) in [6.45, 7) is 9.05. The van der Waals surface area contributed by atoms with Crippen LogP contribution in [0.4, 0.5) is 0 Å². The molecule has 0 heterocycles. The van der Waals surface area contributed by atoms with Crippen molar-refractivity contribution in [3.05, 3.63) is 0 Å². The molecule has 0 aliphatic carbocycles. The highest BCUT2D eigenvalue weighted by atomic mass is 16.5. The molecule has 1 unspecified atom stereocenters. The Morgan fingerprint density at radius 3 is 2.29 bits per heavy atom. The van der Waals surface area contributed by atoms with Crippen LogP contribution in [0.5, 0.6) is 0 Å². The minimum absolute atomic E-state index is 0.314. The standard InChI is InChI=1S/C13H30N2O2/c1-5-12(6-2)15(9-10-17-4)8-7-13(3,16)11-14/h12,16H,5-11,14H2,1-4H3. The lowest BCUT2D eigenvalue weighted by molar-refractivity contribution is 0.0346. The van der Waals surface area contributed by atoms with Crippen molar-refractivity contribution >= 4 is 0 Å². The second-order valence-corrected chi connectivity index (χ2v) is 4.95. The van der Waals surface area contributed by atoms with Gasteiger partial charge in [0.15, 0.2) is 0 Å². The van der Waals surface area contributed by atoms with Crippen molar-refractivity contribution < 1.29 is 9.84 Å².